The fourth-order valence-electron chi connectivity index (χ4n) is 3.16. The van der Waals surface area contributed by atoms with E-state index in [0.717, 1.165) is 4.90 Å². The lowest BCUT2D eigenvalue weighted by Gasteiger charge is -2.24. The Morgan fingerprint density at radius 1 is 1.13 bits per heavy atom. The average Bonchev–Trinajstić information content (AvgIpc) is 3.03. The maximum atomic E-state index is 12.4. The number of carbonyl (C=O) groups excluding carboxylic acids is 2. The van der Waals surface area contributed by atoms with Crippen molar-refractivity contribution in [3.05, 3.63) is 57.4 Å². The molecule has 3 rings (SSSR count). The molecule has 4 atom stereocenters. The molecule has 0 radical (unpaired) electrons. The van der Waals surface area contributed by atoms with E-state index in [-0.39, 0.29) is 6.61 Å². The molecular weight excluding hydrogens is 428 g/mol. The van der Waals surface area contributed by atoms with E-state index >= 15 is 0 Å². The molecule has 2 heterocycles. The van der Waals surface area contributed by atoms with Crippen LogP contribution in [0.15, 0.2) is 51.0 Å². The van der Waals surface area contributed by atoms with Gasteiger partial charge in [-0.15, -0.1) is 11.8 Å². The third kappa shape index (κ3) is 5.56. The number of carbonyl (C=O) groups is 2. The highest BCUT2D eigenvalue weighted by molar-refractivity contribution is 8.00. The predicted molar refractivity (Wildman–Crippen MR) is 110 cm³/mol. The lowest BCUT2D eigenvalue weighted by atomic mass is 10.1. The maximum Gasteiger partial charge on any atom is 0.330 e. The van der Waals surface area contributed by atoms with Crippen LogP contribution in [0.3, 0.4) is 0 Å². The van der Waals surface area contributed by atoms with Crippen molar-refractivity contribution in [1.82, 2.24) is 9.55 Å². The van der Waals surface area contributed by atoms with Gasteiger partial charge in [-0.2, -0.15) is 0 Å². The minimum atomic E-state index is -0.902. The predicted octanol–water partition coefficient (Wildman–Crippen LogP) is 1.10. The number of rotatable bonds is 7. The van der Waals surface area contributed by atoms with Gasteiger partial charge < -0.3 is 18.9 Å². The second-order valence-corrected chi connectivity index (χ2v) is 7.97. The first-order valence-electron chi connectivity index (χ1n) is 9.36. The van der Waals surface area contributed by atoms with Gasteiger partial charge in [-0.1, -0.05) is 0 Å². The molecule has 1 aliphatic heterocycles. The van der Waals surface area contributed by atoms with Gasteiger partial charge in [-0.05, 0) is 24.3 Å². The molecule has 0 spiro atoms. The first-order chi connectivity index (χ1) is 14.8. The van der Waals surface area contributed by atoms with E-state index in [0.29, 0.717) is 5.75 Å². The molecule has 166 valence electrons. The Morgan fingerprint density at radius 2 is 1.84 bits per heavy atom. The van der Waals surface area contributed by atoms with Gasteiger partial charge in [0.1, 0.15) is 24.6 Å². The molecule has 1 fully saturated rings. The van der Waals surface area contributed by atoms with Crippen LogP contribution in [0.25, 0.3) is 0 Å². The minimum Gasteiger partial charge on any atom is -0.497 e. The van der Waals surface area contributed by atoms with Gasteiger partial charge in [0, 0.05) is 31.0 Å². The Labute approximate surface area is 181 Å². The highest BCUT2D eigenvalue weighted by Crippen LogP contribution is 2.42. The van der Waals surface area contributed by atoms with Crippen LogP contribution < -0.4 is 16.0 Å². The van der Waals surface area contributed by atoms with Crippen LogP contribution in [0.5, 0.6) is 5.75 Å². The summed E-state index contributed by atoms with van der Waals surface area (Å²) in [5.41, 5.74) is -1.22. The molecule has 0 saturated carbocycles. The summed E-state index contributed by atoms with van der Waals surface area (Å²) < 4.78 is 23.0. The fourth-order valence-corrected chi connectivity index (χ4v) is 4.45. The van der Waals surface area contributed by atoms with Gasteiger partial charge in [0.2, 0.25) is 0 Å². The van der Waals surface area contributed by atoms with E-state index < -0.39 is 46.9 Å². The van der Waals surface area contributed by atoms with Crippen LogP contribution in [0.4, 0.5) is 0 Å². The summed E-state index contributed by atoms with van der Waals surface area (Å²) in [5, 5.41) is -0.582. The topological polar surface area (TPSA) is 126 Å². The van der Waals surface area contributed by atoms with Gasteiger partial charge in [0.15, 0.2) is 6.23 Å². The number of aromatic amines is 1. The molecule has 0 unspecified atom stereocenters. The Kier molecular flexibility index (Phi) is 7.18. The van der Waals surface area contributed by atoms with E-state index in [1.165, 1.54) is 42.4 Å². The Morgan fingerprint density at radius 3 is 2.42 bits per heavy atom. The number of esters is 2. The van der Waals surface area contributed by atoms with E-state index in [4.69, 9.17) is 18.9 Å². The standard InChI is InChI=1S/C20H22N2O8S/c1-11(23)28-10-15-17(29-12(2)24)18(31-14-6-4-13(27-3)5-7-14)19(30-15)22-9-8-16(25)21-20(22)26/h4-9,15,17-19H,10H2,1-3H3,(H,21,25,26)/t15-,17-,18-,19-/m1/s1. The van der Waals surface area contributed by atoms with E-state index in [2.05, 4.69) is 4.98 Å². The number of H-pyrrole nitrogens is 1. The van der Waals surface area contributed by atoms with E-state index in [9.17, 15) is 19.2 Å². The number of nitrogens with zero attached hydrogens (tertiary/aromatic N) is 1. The number of nitrogens with one attached hydrogen (secondary N) is 1. The second kappa shape index (κ2) is 9.84. The smallest absolute Gasteiger partial charge is 0.330 e. The lowest BCUT2D eigenvalue weighted by molar-refractivity contribution is -0.155. The van der Waals surface area contributed by atoms with Crippen molar-refractivity contribution in [1.29, 1.82) is 0 Å². The summed E-state index contributed by atoms with van der Waals surface area (Å²) in [6.45, 7) is 2.35. The summed E-state index contributed by atoms with van der Waals surface area (Å²) in [6.07, 6.45) is -1.23. The number of ether oxygens (including phenoxy) is 4. The normalized spacial score (nSPS) is 22.7. The van der Waals surface area contributed by atoms with Crippen molar-refractivity contribution in [3.8, 4) is 5.75 Å². The van der Waals surface area contributed by atoms with Crippen LogP contribution in [0.1, 0.15) is 20.1 Å². The average molecular weight is 450 g/mol. The number of thioether (sulfide) groups is 1. The molecule has 0 amide bonds. The van der Waals surface area contributed by atoms with Gasteiger partial charge in [-0.3, -0.25) is 23.9 Å². The van der Waals surface area contributed by atoms with Crippen LogP contribution in [0.2, 0.25) is 0 Å². The van der Waals surface area contributed by atoms with Crippen molar-refractivity contribution >= 4 is 23.7 Å². The number of methoxy groups -OCH3 is 1. The van der Waals surface area contributed by atoms with Crippen LogP contribution in [-0.4, -0.2) is 52.7 Å². The third-order valence-electron chi connectivity index (χ3n) is 4.50. The van der Waals surface area contributed by atoms with Crippen molar-refractivity contribution in [3.63, 3.8) is 0 Å². The molecule has 0 bridgehead atoms. The molecule has 11 heteroatoms. The molecule has 10 nitrogen and oxygen atoms in total. The third-order valence-corrected chi connectivity index (χ3v) is 5.81. The molecule has 2 aromatic rings. The first-order valence-corrected chi connectivity index (χ1v) is 10.2. The lowest BCUT2D eigenvalue weighted by Crippen LogP contribution is -2.38. The molecule has 1 aromatic heterocycles. The molecule has 1 aromatic carbocycles. The number of benzene rings is 1. The Bertz CT molecular complexity index is 1050. The van der Waals surface area contributed by atoms with E-state index in [1.807, 2.05) is 12.1 Å². The van der Waals surface area contributed by atoms with Gasteiger partial charge in [0.05, 0.1) is 12.4 Å². The van der Waals surface area contributed by atoms with Crippen LogP contribution in [-0.2, 0) is 23.8 Å². The number of hydrogen-bond acceptors (Lipinski definition) is 9. The van der Waals surface area contributed by atoms with Crippen molar-refractivity contribution < 1.29 is 28.5 Å². The highest BCUT2D eigenvalue weighted by Gasteiger charge is 2.49. The Balaban J connectivity index is 1.99. The second-order valence-electron chi connectivity index (χ2n) is 6.72. The van der Waals surface area contributed by atoms with Gasteiger partial charge in [-0.25, -0.2) is 4.79 Å². The summed E-state index contributed by atoms with van der Waals surface area (Å²) in [7, 11) is 1.56. The minimum absolute atomic E-state index is 0.165. The molecular formula is C20H22N2O8S. The maximum absolute atomic E-state index is 12.4. The zero-order valence-electron chi connectivity index (χ0n) is 17.1. The highest BCUT2D eigenvalue weighted by atomic mass is 32.2. The van der Waals surface area contributed by atoms with E-state index in [1.54, 1.807) is 19.2 Å². The van der Waals surface area contributed by atoms with Gasteiger partial charge in [0.25, 0.3) is 5.56 Å². The SMILES string of the molecule is COc1ccc(S[C@@H]2[C@H](OC(C)=O)[C@@H](COC(C)=O)O[C@H]2n2ccc(=O)[nH]c2=O)cc1. The monoisotopic (exact) mass is 450 g/mol. The van der Waals surface area contributed by atoms with Gasteiger partial charge >= 0.3 is 17.6 Å². The number of hydrogen-bond donors (Lipinski definition) is 1. The largest absolute Gasteiger partial charge is 0.497 e. The molecule has 31 heavy (non-hydrogen) atoms. The van der Waals surface area contributed by atoms with Crippen molar-refractivity contribution in [2.24, 2.45) is 0 Å². The van der Waals surface area contributed by atoms with Crippen LogP contribution in [0, 0.1) is 0 Å². The number of aromatic nitrogens is 2. The summed E-state index contributed by atoms with van der Waals surface area (Å²) in [4.78, 5) is 50.0. The van der Waals surface area contributed by atoms with Crippen molar-refractivity contribution in [2.45, 2.75) is 42.4 Å². The summed E-state index contributed by atoms with van der Waals surface area (Å²) in [5.74, 6) is -0.393. The molecule has 0 aliphatic carbocycles. The molecule has 1 saturated heterocycles. The zero-order valence-corrected chi connectivity index (χ0v) is 17.9. The fraction of sp³-hybridized carbons (Fsp3) is 0.400. The quantitative estimate of drug-likeness (QED) is 0.617. The summed E-state index contributed by atoms with van der Waals surface area (Å²) in [6, 6.07) is 8.38. The first kappa shape index (κ1) is 22.6. The van der Waals surface area contributed by atoms with Crippen molar-refractivity contribution in [2.75, 3.05) is 13.7 Å². The zero-order chi connectivity index (χ0) is 22.5. The Hall–Kier alpha value is -3.05. The molecule has 1 aliphatic rings. The molecule has 1 N–H and O–H groups in total. The summed E-state index contributed by atoms with van der Waals surface area (Å²) >= 11 is 1.32. The van der Waals surface area contributed by atoms with Crippen LogP contribution >= 0.6 is 11.8 Å².